The normalized spacial score (nSPS) is 24.2. The van der Waals surface area contributed by atoms with Crippen molar-refractivity contribution in [1.82, 2.24) is 9.80 Å². The molecule has 8 nitrogen and oxygen atoms in total. The second-order valence-electron chi connectivity index (χ2n) is 6.47. The van der Waals surface area contributed by atoms with Crippen molar-refractivity contribution in [3.63, 3.8) is 0 Å². The van der Waals surface area contributed by atoms with E-state index in [2.05, 4.69) is 0 Å². The lowest BCUT2D eigenvalue weighted by atomic mass is 10.1. The molecule has 0 unspecified atom stereocenters. The van der Waals surface area contributed by atoms with Crippen LogP contribution in [0.5, 0.6) is 11.5 Å². The van der Waals surface area contributed by atoms with Crippen LogP contribution >= 0.6 is 0 Å². The van der Waals surface area contributed by atoms with E-state index in [1.807, 2.05) is 0 Å². The number of hydrogen-bond donors (Lipinski definition) is 1. The Labute approximate surface area is 143 Å². The third-order valence-corrected chi connectivity index (χ3v) is 4.92. The minimum atomic E-state index is -0.907. The average Bonchev–Trinajstić information content (AvgIpc) is 3.30. The molecule has 25 heavy (non-hydrogen) atoms. The fourth-order valence-corrected chi connectivity index (χ4v) is 3.32. The highest BCUT2D eigenvalue weighted by molar-refractivity contribution is 5.95. The first kappa shape index (κ1) is 15.7. The van der Waals surface area contributed by atoms with Gasteiger partial charge in [-0.25, -0.2) is 0 Å². The van der Waals surface area contributed by atoms with Gasteiger partial charge in [-0.1, -0.05) is 0 Å². The van der Waals surface area contributed by atoms with Gasteiger partial charge in [-0.3, -0.25) is 14.4 Å². The summed E-state index contributed by atoms with van der Waals surface area (Å²) in [6.07, 6.45) is 0.421. The highest BCUT2D eigenvalue weighted by atomic mass is 16.7. The number of aliphatic carboxylic acids is 1. The number of piperazine rings is 1. The van der Waals surface area contributed by atoms with Gasteiger partial charge in [0.1, 0.15) is 0 Å². The van der Waals surface area contributed by atoms with Gasteiger partial charge in [0.25, 0.3) is 5.91 Å². The van der Waals surface area contributed by atoms with Crippen molar-refractivity contribution in [2.75, 3.05) is 33.0 Å². The lowest BCUT2D eigenvalue weighted by Gasteiger charge is -2.35. The third kappa shape index (κ3) is 2.88. The molecule has 1 saturated carbocycles. The minimum absolute atomic E-state index is 0.109. The van der Waals surface area contributed by atoms with Crippen LogP contribution in [0.3, 0.4) is 0 Å². The van der Waals surface area contributed by atoms with E-state index in [0.717, 1.165) is 0 Å². The molecule has 4 rings (SSSR count). The van der Waals surface area contributed by atoms with Gasteiger partial charge in [0.05, 0.1) is 11.8 Å². The second-order valence-corrected chi connectivity index (χ2v) is 6.47. The van der Waals surface area contributed by atoms with Gasteiger partial charge in [0.15, 0.2) is 11.5 Å². The molecule has 0 aromatic heterocycles. The van der Waals surface area contributed by atoms with Crippen molar-refractivity contribution in [1.29, 1.82) is 0 Å². The molecular formula is C17H18N2O6. The van der Waals surface area contributed by atoms with Crippen LogP contribution in [0.25, 0.3) is 0 Å². The largest absolute Gasteiger partial charge is 0.481 e. The lowest BCUT2D eigenvalue weighted by molar-refractivity contribution is -0.142. The molecule has 0 bridgehead atoms. The smallest absolute Gasteiger partial charge is 0.307 e. The summed E-state index contributed by atoms with van der Waals surface area (Å²) >= 11 is 0. The number of rotatable bonds is 3. The summed E-state index contributed by atoms with van der Waals surface area (Å²) in [6.45, 7) is 1.88. The Morgan fingerprint density at radius 1 is 0.960 bits per heavy atom. The van der Waals surface area contributed by atoms with Crippen molar-refractivity contribution in [2.45, 2.75) is 6.42 Å². The van der Waals surface area contributed by atoms with E-state index < -0.39 is 17.8 Å². The zero-order valence-corrected chi connectivity index (χ0v) is 13.5. The summed E-state index contributed by atoms with van der Waals surface area (Å²) in [5, 5.41) is 8.94. The van der Waals surface area contributed by atoms with Gasteiger partial charge in [0, 0.05) is 31.7 Å². The Morgan fingerprint density at radius 2 is 1.64 bits per heavy atom. The SMILES string of the molecule is O=C(O)[C@@H]1C[C@H]1C(=O)N1CCN(C(=O)c2ccc3c(c2)OCO3)CC1. The van der Waals surface area contributed by atoms with Crippen LogP contribution in [-0.4, -0.2) is 65.7 Å². The summed E-state index contributed by atoms with van der Waals surface area (Å²) in [7, 11) is 0. The first-order valence-electron chi connectivity index (χ1n) is 8.25. The third-order valence-electron chi connectivity index (χ3n) is 4.92. The number of carbonyl (C=O) groups is 3. The average molecular weight is 346 g/mol. The van der Waals surface area contributed by atoms with Crippen LogP contribution in [-0.2, 0) is 9.59 Å². The molecule has 0 radical (unpaired) electrons. The van der Waals surface area contributed by atoms with E-state index in [1.165, 1.54) is 0 Å². The number of hydrogen-bond acceptors (Lipinski definition) is 5. The van der Waals surface area contributed by atoms with Gasteiger partial charge in [-0.2, -0.15) is 0 Å². The standard InChI is InChI=1S/C17H18N2O6/c20-15(10-1-2-13-14(7-10)25-9-24-13)18-3-5-19(6-4-18)16(21)11-8-12(11)17(22)23/h1-2,7,11-12H,3-6,8-9H2,(H,22,23)/t11-,12-/m1/s1. The van der Waals surface area contributed by atoms with Crippen molar-refractivity contribution < 1.29 is 29.0 Å². The molecule has 1 aromatic rings. The molecule has 2 aliphatic heterocycles. The molecule has 8 heteroatoms. The predicted octanol–water partition coefficient (Wildman–Crippen LogP) is 0.420. The molecule has 3 aliphatic rings. The molecule has 2 heterocycles. The van der Waals surface area contributed by atoms with Crippen LogP contribution < -0.4 is 9.47 Å². The number of amides is 2. The summed E-state index contributed by atoms with van der Waals surface area (Å²) < 4.78 is 10.5. The van der Waals surface area contributed by atoms with Crippen LogP contribution in [0, 0.1) is 11.8 Å². The number of ether oxygens (including phenoxy) is 2. The Hall–Kier alpha value is -2.77. The molecule has 0 spiro atoms. The fourth-order valence-electron chi connectivity index (χ4n) is 3.32. The molecule has 132 valence electrons. The summed E-state index contributed by atoms with van der Waals surface area (Å²) in [5.74, 6) is -0.871. The van der Waals surface area contributed by atoms with Gasteiger partial charge in [-0.15, -0.1) is 0 Å². The van der Waals surface area contributed by atoms with E-state index in [1.54, 1.807) is 28.0 Å². The highest BCUT2D eigenvalue weighted by Crippen LogP contribution is 2.40. The van der Waals surface area contributed by atoms with Gasteiger partial charge in [-0.05, 0) is 24.6 Å². The maximum atomic E-state index is 12.6. The molecule has 2 atom stereocenters. The number of carboxylic acid groups (broad SMARTS) is 1. The molecule has 2 amide bonds. The van der Waals surface area contributed by atoms with E-state index in [0.29, 0.717) is 49.7 Å². The zero-order chi connectivity index (χ0) is 17.6. The first-order chi connectivity index (χ1) is 12.0. The summed E-state index contributed by atoms with van der Waals surface area (Å²) in [4.78, 5) is 39.1. The van der Waals surface area contributed by atoms with Crippen LogP contribution in [0.2, 0.25) is 0 Å². The van der Waals surface area contributed by atoms with E-state index >= 15 is 0 Å². The van der Waals surface area contributed by atoms with Crippen molar-refractivity contribution >= 4 is 17.8 Å². The molecule has 1 saturated heterocycles. The molecule has 1 aliphatic carbocycles. The Morgan fingerprint density at radius 3 is 2.32 bits per heavy atom. The molecule has 2 fully saturated rings. The number of fused-ring (bicyclic) bond motifs is 1. The Bertz CT molecular complexity index is 741. The molecule has 1 aromatic carbocycles. The maximum absolute atomic E-state index is 12.6. The van der Waals surface area contributed by atoms with Crippen molar-refractivity contribution in [3.8, 4) is 11.5 Å². The van der Waals surface area contributed by atoms with Crippen molar-refractivity contribution in [2.24, 2.45) is 11.8 Å². The van der Waals surface area contributed by atoms with Crippen LogP contribution in [0.4, 0.5) is 0 Å². The van der Waals surface area contributed by atoms with Gasteiger partial charge in [0.2, 0.25) is 12.7 Å². The van der Waals surface area contributed by atoms with Crippen LogP contribution in [0.15, 0.2) is 18.2 Å². The monoisotopic (exact) mass is 346 g/mol. The van der Waals surface area contributed by atoms with E-state index in [-0.39, 0.29) is 18.6 Å². The quantitative estimate of drug-likeness (QED) is 0.852. The summed E-state index contributed by atoms with van der Waals surface area (Å²) in [5.41, 5.74) is 0.525. The topological polar surface area (TPSA) is 96.4 Å². The maximum Gasteiger partial charge on any atom is 0.307 e. The number of carbonyl (C=O) groups excluding carboxylic acids is 2. The molecular weight excluding hydrogens is 328 g/mol. The lowest BCUT2D eigenvalue weighted by Crippen LogP contribution is -2.51. The summed E-state index contributed by atoms with van der Waals surface area (Å²) in [6, 6.07) is 5.09. The van der Waals surface area contributed by atoms with Gasteiger partial charge < -0.3 is 24.4 Å². The van der Waals surface area contributed by atoms with Crippen molar-refractivity contribution in [3.05, 3.63) is 23.8 Å². The fraction of sp³-hybridized carbons (Fsp3) is 0.471. The van der Waals surface area contributed by atoms with Gasteiger partial charge >= 0.3 is 5.97 Å². The van der Waals surface area contributed by atoms with E-state index in [9.17, 15) is 14.4 Å². The number of benzene rings is 1. The van der Waals surface area contributed by atoms with Crippen LogP contribution in [0.1, 0.15) is 16.8 Å². The zero-order valence-electron chi connectivity index (χ0n) is 13.5. The number of carboxylic acids is 1. The minimum Gasteiger partial charge on any atom is -0.481 e. The Kier molecular flexibility index (Phi) is 3.74. The first-order valence-corrected chi connectivity index (χ1v) is 8.25. The predicted molar refractivity (Wildman–Crippen MR) is 84.3 cm³/mol. The second kappa shape index (κ2) is 5.94. The Balaban J connectivity index is 1.35. The van der Waals surface area contributed by atoms with E-state index in [4.69, 9.17) is 14.6 Å². The number of nitrogens with zero attached hydrogens (tertiary/aromatic N) is 2. The molecule has 1 N–H and O–H groups in total. The highest BCUT2D eigenvalue weighted by Gasteiger charge is 2.50.